The molecule has 3 heterocycles. The first-order chi connectivity index (χ1) is 12.7. The zero-order valence-electron chi connectivity index (χ0n) is 13.9. The highest BCUT2D eigenvalue weighted by molar-refractivity contribution is 7.12. The van der Waals surface area contributed by atoms with Crippen LogP contribution in [0, 0.1) is 0 Å². The van der Waals surface area contributed by atoms with Crippen LogP contribution in [-0.4, -0.2) is 23.0 Å². The van der Waals surface area contributed by atoms with Gasteiger partial charge in [0.2, 0.25) is 0 Å². The Kier molecular flexibility index (Phi) is 4.28. The van der Waals surface area contributed by atoms with Crippen molar-refractivity contribution >= 4 is 45.3 Å². The van der Waals surface area contributed by atoms with Gasteiger partial charge >= 0.3 is 0 Å². The van der Waals surface area contributed by atoms with Crippen LogP contribution in [-0.2, 0) is 0 Å². The maximum atomic E-state index is 12.7. The average Bonchev–Trinajstić information content (AvgIpc) is 3.31. The first kappa shape index (κ1) is 16.2. The first-order valence-corrected chi connectivity index (χ1v) is 8.84. The SMILES string of the molecule is COc1cccc(NC(=O)c2sccc2Nc2ccnc3[nH]ccc23)c1. The number of hydrogen-bond acceptors (Lipinski definition) is 5. The van der Waals surface area contributed by atoms with Crippen molar-refractivity contribution in [3.8, 4) is 5.75 Å². The molecule has 6 nitrogen and oxygen atoms in total. The van der Waals surface area contributed by atoms with Gasteiger partial charge in [-0.2, -0.15) is 0 Å². The van der Waals surface area contributed by atoms with Gasteiger partial charge in [-0.15, -0.1) is 11.3 Å². The summed E-state index contributed by atoms with van der Waals surface area (Å²) >= 11 is 1.38. The Bertz CT molecular complexity index is 1070. The third-order valence-corrected chi connectivity index (χ3v) is 4.84. The van der Waals surface area contributed by atoms with Gasteiger partial charge in [0.05, 0.1) is 18.5 Å². The summed E-state index contributed by atoms with van der Waals surface area (Å²) in [5, 5.41) is 9.10. The van der Waals surface area contributed by atoms with Crippen molar-refractivity contribution in [3.05, 3.63) is 65.1 Å². The van der Waals surface area contributed by atoms with Gasteiger partial charge in [-0.1, -0.05) is 6.07 Å². The van der Waals surface area contributed by atoms with E-state index in [2.05, 4.69) is 20.6 Å². The number of nitrogens with zero attached hydrogens (tertiary/aromatic N) is 1. The number of anilines is 3. The monoisotopic (exact) mass is 364 g/mol. The molecule has 1 aromatic carbocycles. The summed E-state index contributed by atoms with van der Waals surface area (Å²) in [5.74, 6) is 0.522. The fourth-order valence-electron chi connectivity index (χ4n) is 2.69. The van der Waals surface area contributed by atoms with Crippen LogP contribution >= 0.6 is 11.3 Å². The highest BCUT2D eigenvalue weighted by Gasteiger charge is 2.15. The van der Waals surface area contributed by atoms with Crippen molar-refractivity contribution in [2.24, 2.45) is 0 Å². The zero-order valence-corrected chi connectivity index (χ0v) is 14.8. The molecule has 0 bridgehead atoms. The fourth-order valence-corrected chi connectivity index (χ4v) is 3.43. The number of amides is 1. The second-order valence-corrected chi connectivity index (χ2v) is 6.49. The Morgan fingerprint density at radius 1 is 1.19 bits per heavy atom. The molecule has 0 aliphatic rings. The minimum atomic E-state index is -0.171. The Balaban J connectivity index is 1.58. The number of carbonyl (C=O) groups excluding carboxylic acids is 1. The van der Waals surface area contributed by atoms with E-state index in [9.17, 15) is 4.79 Å². The molecule has 0 unspecified atom stereocenters. The Morgan fingerprint density at radius 2 is 2.12 bits per heavy atom. The summed E-state index contributed by atoms with van der Waals surface area (Å²) in [5.41, 5.74) is 3.13. The Labute approximate surface area is 153 Å². The molecule has 3 aromatic heterocycles. The van der Waals surface area contributed by atoms with E-state index >= 15 is 0 Å². The molecule has 0 radical (unpaired) electrons. The predicted octanol–water partition coefficient (Wildman–Crippen LogP) is 4.63. The number of fused-ring (bicyclic) bond motifs is 1. The third-order valence-electron chi connectivity index (χ3n) is 3.93. The van der Waals surface area contributed by atoms with E-state index in [1.54, 1.807) is 19.4 Å². The fraction of sp³-hybridized carbons (Fsp3) is 0.0526. The maximum absolute atomic E-state index is 12.7. The number of carbonyl (C=O) groups is 1. The number of methoxy groups -OCH3 is 1. The van der Waals surface area contributed by atoms with E-state index in [1.807, 2.05) is 48.0 Å². The van der Waals surface area contributed by atoms with Gasteiger partial charge in [0, 0.05) is 29.5 Å². The minimum absolute atomic E-state index is 0.171. The van der Waals surface area contributed by atoms with Crippen LogP contribution < -0.4 is 15.4 Å². The van der Waals surface area contributed by atoms with E-state index in [0.717, 1.165) is 22.4 Å². The van der Waals surface area contributed by atoms with Gasteiger partial charge in [0.25, 0.3) is 5.91 Å². The van der Waals surface area contributed by atoms with Gasteiger partial charge in [0.1, 0.15) is 16.3 Å². The van der Waals surface area contributed by atoms with Gasteiger partial charge in [-0.25, -0.2) is 4.98 Å². The van der Waals surface area contributed by atoms with Crippen molar-refractivity contribution in [2.75, 3.05) is 17.7 Å². The number of nitrogens with one attached hydrogen (secondary N) is 3. The summed E-state index contributed by atoms with van der Waals surface area (Å²) in [6.07, 6.45) is 3.57. The number of aromatic amines is 1. The smallest absolute Gasteiger partial charge is 0.267 e. The van der Waals surface area contributed by atoms with Gasteiger partial charge in [-0.05, 0) is 35.7 Å². The highest BCUT2D eigenvalue weighted by atomic mass is 32.1. The molecule has 3 N–H and O–H groups in total. The van der Waals surface area contributed by atoms with Gasteiger partial charge < -0.3 is 20.4 Å². The van der Waals surface area contributed by atoms with Crippen LogP contribution in [0.1, 0.15) is 9.67 Å². The number of benzene rings is 1. The topological polar surface area (TPSA) is 79.0 Å². The van der Waals surface area contributed by atoms with Crippen molar-refractivity contribution < 1.29 is 9.53 Å². The van der Waals surface area contributed by atoms with Crippen LogP contribution in [0.3, 0.4) is 0 Å². The molecule has 0 saturated heterocycles. The predicted molar refractivity (Wildman–Crippen MR) is 105 cm³/mol. The number of H-pyrrole nitrogens is 1. The number of rotatable bonds is 5. The molecular weight excluding hydrogens is 348 g/mol. The second kappa shape index (κ2) is 6.89. The summed E-state index contributed by atoms with van der Waals surface area (Å²) in [6, 6.07) is 13.0. The van der Waals surface area contributed by atoms with Crippen molar-refractivity contribution in [2.45, 2.75) is 0 Å². The lowest BCUT2D eigenvalue weighted by Gasteiger charge is -2.10. The molecule has 0 atom stereocenters. The molecule has 7 heteroatoms. The average molecular weight is 364 g/mol. The molecule has 26 heavy (non-hydrogen) atoms. The summed E-state index contributed by atoms with van der Waals surface area (Å²) in [7, 11) is 1.60. The Morgan fingerprint density at radius 3 is 3.00 bits per heavy atom. The maximum Gasteiger partial charge on any atom is 0.267 e. The number of pyridine rings is 1. The lowest BCUT2D eigenvalue weighted by molar-refractivity contribution is 0.103. The van der Waals surface area contributed by atoms with Gasteiger partial charge in [-0.3, -0.25) is 4.79 Å². The van der Waals surface area contributed by atoms with Crippen LogP contribution in [0.2, 0.25) is 0 Å². The van der Waals surface area contributed by atoms with Crippen molar-refractivity contribution in [1.29, 1.82) is 0 Å². The van der Waals surface area contributed by atoms with Crippen LogP contribution in [0.15, 0.2) is 60.2 Å². The Hall–Kier alpha value is -3.32. The van der Waals surface area contributed by atoms with E-state index < -0.39 is 0 Å². The molecule has 0 spiro atoms. The van der Waals surface area contributed by atoms with Crippen LogP contribution in [0.25, 0.3) is 11.0 Å². The van der Waals surface area contributed by atoms with E-state index in [1.165, 1.54) is 11.3 Å². The van der Waals surface area contributed by atoms with E-state index in [-0.39, 0.29) is 5.91 Å². The molecular formula is C19H16N4O2S. The van der Waals surface area contributed by atoms with Crippen LogP contribution in [0.4, 0.5) is 17.1 Å². The summed E-state index contributed by atoms with van der Waals surface area (Å²) in [4.78, 5) is 20.7. The van der Waals surface area contributed by atoms with Crippen molar-refractivity contribution in [3.63, 3.8) is 0 Å². The highest BCUT2D eigenvalue weighted by Crippen LogP contribution is 2.30. The third kappa shape index (κ3) is 3.12. The number of thiophene rings is 1. The lowest BCUT2D eigenvalue weighted by atomic mass is 10.2. The lowest BCUT2D eigenvalue weighted by Crippen LogP contribution is -2.12. The summed E-state index contributed by atoms with van der Waals surface area (Å²) < 4.78 is 5.19. The van der Waals surface area contributed by atoms with Crippen molar-refractivity contribution in [1.82, 2.24) is 9.97 Å². The molecule has 0 saturated carbocycles. The molecule has 130 valence electrons. The molecule has 1 amide bonds. The summed E-state index contributed by atoms with van der Waals surface area (Å²) in [6.45, 7) is 0. The zero-order chi connectivity index (χ0) is 17.9. The molecule has 0 aliphatic heterocycles. The molecule has 4 aromatic rings. The minimum Gasteiger partial charge on any atom is -0.497 e. The second-order valence-electron chi connectivity index (χ2n) is 5.57. The standard InChI is InChI=1S/C19H16N4O2S/c1-25-13-4-2-3-12(11-13)22-19(24)17-16(7-10-26-17)23-15-6-9-21-18-14(15)5-8-20-18/h2-11H,1H3,(H,22,24)(H2,20,21,23). The quantitative estimate of drug-likeness (QED) is 0.482. The van der Waals surface area contributed by atoms with E-state index in [0.29, 0.717) is 16.3 Å². The molecule has 4 rings (SSSR count). The number of aromatic nitrogens is 2. The van der Waals surface area contributed by atoms with Gasteiger partial charge in [0.15, 0.2) is 0 Å². The van der Waals surface area contributed by atoms with Crippen LogP contribution in [0.5, 0.6) is 5.75 Å². The normalized spacial score (nSPS) is 10.7. The first-order valence-electron chi connectivity index (χ1n) is 7.96. The largest absolute Gasteiger partial charge is 0.497 e. The van der Waals surface area contributed by atoms with E-state index in [4.69, 9.17) is 4.74 Å². The molecule has 0 aliphatic carbocycles. The number of hydrogen-bond donors (Lipinski definition) is 3. The number of ether oxygens (including phenoxy) is 1. The molecule has 0 fully saturated rings.